The summed E-state index contributed by atoms with van der Waals surface area (Å²) in [5.74, 6) is 0. The molecule has 1 aliphatic carbocycles. The van der Waals surface area contributed by atoms with Crippen LogP contribution in [0.3, 0.4) is 0 Å². The summed E-state index contributed by atoms with van der Waals surface area (Å²) in [5.41, 5.74) is 1.81. The van der Waals surface area contributed by atoms with E-state index in [0.29, 0.717) is 5.41 Å². The number of nitrogens with zero attached hydrogens (tertiary/aromatic N) is 1. The molecule has 0 radical (unpaired) electrons. The average molecular weight is 260 g/mol. The van der Waals surface area contributed by atoms with Gasteiger partial charge in [0, 0.05) is 31.2 Å². The normalized spacial score (nSPS) is 18.2. The van der Waals surface area contributed by atoms with E-state index in [9.17, 15) is 0 Å². The molecule has 0 aromatic heterocycles. The molecule has 1 saturated carbocycles. The van der Waals surface area contributed by atoms with Crippen LogP contribution in [-0.4, -0.2) is 26.7 Å². The van der Waals surface area contributed by atoms with E-state index in [1.165, 1.54) is 50.9 Å². The molecule has 1 aromatic rings. The molecule has 2 rings (SSSR count). The van der Waals surface area contributed by atoms with Crippen LogP contribution in [0.25, 0.3) is 0 Å². The predicted octanol–water partition coefficient (Wildman–Crippen LogP) is 3.68. The third kappa shape index (κ3) is 3.97. The van der Waals surface area contributed by atoms with Crippen molar-refractivity contribution in [2.75, 3.05) is 31.6 Å². The molecule has 1 fully saturated rings. The highest BCUT2D eigenvalue weighted by atomic mass is 15.1. The average Bonchev–Trinajstić information content (AvgIpc) is 2.47. The Morgan fingerprint density at radius 1 is 1.11 bits per heavy atom. The Balaban J connectivity index is 2.02. The maximum Gasteiger partial charge on any atom is 0.0363 e. The van der Waals surface area contributed by atoms with Crippen molar-refractivity contribution in [1.29, 1.82) is 0 Å². The van der Waals surface area contributed by atoms with Crippen LogP contribution >= 0.6 is 0 Å². The maximum atomic E-state index is 3.59. The van der Waals surface area contributed by atoms with E-state index in [2.05, 4.69) is 54.5 Å². The lowest BCUT2D eigenvalue weighted by Crippen LogP contribution is -2.44. The summed E-state index contributed by atoms with van der Waals surface area (Å²) in [4.78, 5) is 2.43. The molecular formula is C17H28N2. The second-order valence-electron chi connectivity index (χ2n) is 6.03. The highest BCUT2D eigenvalue weighted by Gasteiger charge is 2.32. The van der Waals surface area contributed by atoms with Gasteiger partial charge in [-0.3, -0.25) is 0 Å². The van der Waals surface area contributed by atoms with Gasteiger partial charge in [0.15, 0.2) is 0 Å². The summed E-state index contributed by atoms with van der Waals surface area (Å²) in [5, 5.41) is 3.59. The molecule has 0 saturated heterocycles. The molecule has 0 bridgehead atoms. The lowest BCUT2D eigenvalue weighted by molar-refractivity contribution is 0.190. The van der Waals surface area contributed by atoms with E-state index in [1.807, 2.05) is 0 Å². The minimum absolute atomic E-state index is 0.471. The van der Waals surface area contributed by atoms with Crippen molar-refractivity contribution in [3.05, 3.63) is 30.3 Å². The molecule has 19 heavy (non-hydrogen) atoms. The molecule has 1 N–H and O–H groups in total. The summed E-state index contributed by atoms with van der Waals surface area (Å²) in [7, 11) is 2.23. The van der Waals surface area contributed by atoms with E-state index in [0.717, 1.165) is 6.54 Å². The SMILES string of the molecule is CCNCC1(CN(C)c2ccccc2)CCCCC1. The largest absolute Gasteiger partial charge is 0.374 e. The minimum Gasteiger partial charge on any atom is -0.374 e. The van der Waals surface area contributed by atoms with Gasteiger partial charge in [0.2, 0.25) is 0 Å². The van der Waals surface area contributed by atoms with Gasteiger partial charge in [0.05, 0.1) is 0 Å². The fourth-order valence-corrected chi connectivity index (χ4v) is 3.36. The van der Waals surface area contributed by atoms with Crippen LogP contribution in [-0.2, 0) is 0 Å². The number of para-hydroxylation sites is 1. The first-order chi connectivity index (χ1) is 9.26. The van der Waals surface area contributed by atoms with Gasteiger partial charge in [0.1, 0.15) is 0 Å². The van der Waals surface area contributed by atoms with Gasteiger partial charge in [-0.2, -0.15) is 0 Å². The van der Waals surface area contributed by atoms with Gasteiger partial charge in [-0.25, -0.2) is 0 Å². The van der Waals surface area contributed by atoms with Crippen molar-refractivity contribution in [2.45, 2.75) is 39.0 Å². The molecular weight excluding hydrogens is 232 g/mol. The van der Waals surface area contributed by atoms with E-state index >= 15 is 0 Å². The smallest absolute Gasteiger partial charge is 0.0363 e. The van der Waals surface area contributed by atoms with Crippen LogP contribution in [0.5, 0.6) is 0 Å². The first-order valence-electron chi connectivity index (χ1n) is 7.73. The van der Waals surface area contributed by atoms with Crippen molar-refractivity contribution >= 4 is 5.69 Å². The van der Waals surface area contributed by atoms with E-state index in [1.54, 1.807) is 0 Å². The summed E-state index contributed by atoms with van der Waals surface area (Å²) >= 11 is 0. The first kappa shape index (κ1) is 14.4. The fraction of sp³-hybridized carbons (Fsp3) is 0.647. The number of hydrogen-bond donors (Lipinski definition) is 1. The van der Waals surface area contributed by atoms with Crippen molar-refractivity contribution in [2.24, 2.45) is 5.41 Å². The zero-order chi connectivity index (χ0) is 13.6. The zero-order valence-electron chi connectivity index (χ0n) is 12.5. The molecule has 0 heterocycles. The Hall–Kier alpha value is -1.02. The van der Waals surface area contributed by atoms with Crippen LogP contribution in [0.2, 0.25) is 0 Å². The van der Waals surface area contributed by atoms with Crippen LogP contribution in [0, 0.1) is 5.41 Å². The molecule has 106 valence electrons. The molecule has 1 aromatic carbocycles. The van der Waals surface area contributed by atoms with Gasteiger partial charge in [0.25, 0.3) is 0 Å². The molecule has 1 aliphatic rings. The van der Waals surface area contributed by atoms with Crippen molar-refractivity contribution < 1.29 is 0 Å². The second-order valence-corrected chi connectivity index (χ2v) is 6.03. The van der Waals surface area contributed by atoms with Crippen molar-refractivity contribution in [3.63, 3.8) is 0 Å². The lowest BCUT2D eigenvalue weighted by atomic mass is 9.73. The lowest BCUT2D eigenvalue weighted by Gasteiger charge is -2.41. The Bertz CT molecular complexity index is 355. The highest BCUT2D eigenvalue weighted by Crippen LogP contribution is 2.37. The molecule has 0 spiro atoms. The number of rotatable bonds is 6. The van der Waals surface area contributed by atoms with E-state index in [4.69, 9.17) is 0 Å². The minimum atomic E-state index is 0.471. The number of hydrogen-bond acceptors (Lipinski definition) is 2. The summed E-state index contributed by atoms with van der Waals surface area (Å²) in [6.07, 6.45) is 6.96. The summed E-state index contributed by atoms with van der Waals surface area (Å²) in [6.45, 7) is 5.62. The van der Waals surface area contributed by atoms with Gasteiger partial charge >= 0.3 is 0 Å². The molecule has 0 aliphatic heterocycles. The summed E-state index contributed by atoms with van der Waals surface area (Å²) < 4.78 is 0. The first-order valence-corrected chi connectivity index (χ1v) is 7.73. The fourth-order valence-electron chi connectivity index (χ4n) is 3.36. The second kappa shape index (κ2) is 6.95. The zero-order valence-corrected chi connectivity index (χ0v) is 12.5. The van der Waals surface area contributed by atoms with E-state index in [-0.39, 0.29) is 0 Å². The number of nitrogens with one attached hydrogen (secondary N) is 1. The highest BCUT2D eigenvalue weighted by molar-refractivity contribution is 5.45. The quantitative estimate of drug-likeness (QED) is 0.839. The number of benzene rings is 1. The Morgan fingerprint density at radius 2 is 1.79 bits per heavy atom. The standard InChI is InChI=1S/C17H28N2/c1-3-18-14-17(12-8-5-9-13-17)15-19(2)16-10-6-4-7-11-16/h4,6-7,10-11,18H,3,5,8-9,12-15H2,1-2H3. The molecule has 0 atom stereocenters. The monoisotopic (exact) mass is 260 g/mol. The Kier molecular flexibility index (Phi) is 5.26. The topological polar surface area (TPSA) is 15.3 Å². The van der Waals surface area contributed by atoms with Crippen LogP contribution < -0.4 is 10.2 Å². The van der Waals surface area contributed by atoms with Crippen molar-refractivity contribution in [3.8, 4) is 0 Å². The van der Waals surface area contributed by atoms with Crippen LogP contribution in [0.1, 0.15) is 39.0 Å². The molecule has 0 unspecified atom stereocenters. The van der Waals surface area contributed by atoms with E-state index < -0.39 is 0 Å². The molecule has 0 amide bonds. The van der Waals surface area contributed by atoms with Crippen LogP contribution in [0.15, 0.2) is 30.3 Å². The van der Waals surface area contributed by atoms with Gasteiger partial charge in [-0.15, -0.1) is 0 Å². The third-order valence-electron chi connectivity index (χ3n) is 4.43. The predicted molar refractivity (Wildman–Crippen MR) is 83.8 cm³/mol. The van der Waals surface area contributed by atoms with Crippen molar-refractivity contribution in [1.82, 2.24) is 5.32 Å². The Labute approximate surface area is 118 Å². The Morgan fingerprint density at radius 3 is 2.42 bits per heavy atom. The third-order valence-corrected chi connectivity index (χ3v) is 4.43. The number of anilines is 1. The van der Waals surface area contributed by atoms with Gasteiger partial charge in [-0.05, 0) is 31.5 Å². The van der Waals surface area contributed by atoms with Gasteiger partial charge < -0.3 is 10.2 Å². The summed E-state index contributed by atoms with van der Waals surface area (Å²) in [6, 6.07) is 10.8. The molecule has 2 heteroatoms. The maximum absolute atomic E-state index is 3.59. The van der Waals surface area contributed by atoms with Crippen LogP contribution in [0.4, 0.5) is 5.69 Å². The van der Waals surface area contributed by atoms with Gasteiger partial charge in [-0.1, -0.05) is 44.4 Å². The molecule has 2 nitrogen and oxygen atoms in total.